The highest BCUT2D eigenvalue weighted by molar-refractivity contribution is 5.63. The van der Waals surface area contributed by atoms with Gasteiger partial charge in [-0.25, -0.2) is 0 Å². The summed E-state index contributed by atoms with van der Waals surface area (Å²) in [4.78, 5) is 0. The van der Waals surface area contributed by atoms with Gasteiger partial charge in [0, 0.05) is 0 Å². The Morgan fingerprint density at radius 1 is 1.00 bits per heavy atom. The smallest absolute Gasteiger partial charge is 0.0190 e. The van der Waals surface area contributed by atoms with Crippen molar-refractivity contribution in [1.29, 1.82) is 0 Å². The maximum Gasteiger partial charge on any atom is -0.0190 e. The fraction of sp³-hybridized carbons (Fsp3) is 0.231. The van der Waals surface area contributed by atoms with E-state index in [2.05, 4.69) is 27.0 Å². The number of benzene rings is 1. The number of hydrogen-bond donors (Lipinski definition) is 0. The molecule has 0 atom stereocenters. The molecule has 0 spiro atoms. The minimum Gasteiger partial charge on any atom is -0.0984 e. The fourth-order valence-electron chi connectivity index (χ4n) is 0.883. The summed E-state index contributed by atoms with van der Waals surface area (Å²) in [6, 6.07) is 8.02. The van der Waals surface area contributed by atoms with E-state index in [1.54, 1.807) is 0 Å². The summed E-state index contributed by atoms with van der Waals surface area (Å²) >= 11 is 0. The first-order chi connectivity index (χ1) is 6.29. The molecule has 0 aliphatic heterocycles. The summed E-state index contributed by atoms with van der Waals surface area (Å²) in [6.07, 6.45) is 4.91. The molecule has 0 N–H and O–H groups in total. The van der Waals surface area contributed by atoms with E-state index < -0.39 is 0 Å². The molecule has 0 bridgehead atoms. The van der Waals surface area contributed by atoms with Crippen molar-refractivity contribution in [2.45, 2.75) is 20.3 Å². The second kappa shape index (κ2) is 7.35. The molecule has 0 radical (unpaired) electrons. The molecule has 0 saturated heterocycles. The van der Waals surface area contributed by atoms with Crippen LogP contribution in [0.3, 0.4) is 0 Å². The molecule has 0 amide bonds. The van der Waals surface area contributed by atoms with E-state index in [1.807, 2.05) is 36.4 Å². The number of rotatable bonds is 2. The first-order valence-corrected chi connectivity index (χ1v) is 4.64. The van der Waals surface area contributed by atoms with E-state index in [0.29, 0.717) is 0 Å². The van der Waals surface area contributed by atoms with E-state index in [4.69, 9.17) is 0 Å². The predicted octanol–water partition coefficient (Wildman–Crippen LogP) is 4.39. The molecule has 0 fully saturated rings. The van der Waals surface area contributed by atoms with Crippen molar-refractivity contribution in [2.75, 3.05) is 0 Å². The van der Waals surface area contributed by atoms with Gasteiger partial charge in [-0.15, -0.1) is 0 Å². The Morgan fingerprint density at radius 2 is 1.31 bits per heavy atom. The lowest BCUT2D eigenvalue weighted by atomic mass is 10.1. The van der Waals surface area contributed by atoms with Crippen LogP contribution in [0.4, 0.5) is 0 Å². The SMILES string of the molecule is C=Cc1ccccc1C=C.CCC. The zero-order valence-electron chi connectivity index (χ0n) is 8.59. The highest BCUT2D eigenvalue weighted by atomic mass is 13.9. The van der Waals surface area contributed by atoms with Gasteiger partial charge in [-0.1, -0.05) is 69.8 Å². The molecule has 1 rings (SSSR count). The van der Waals surface area contributed by atoms with Crippen LogP contribution in [0.15, 0.2) is 37.4 Å². The summed E-state index contributed by atoms with van der Waals surface area (Å²) in [5, 5.41) is 0. The van der Waals surface area contributed by atoms with Gasteiger partial charge in [0.05, 0.1) is 0 Å². The Morgan fingerprint density at radius 3 is 1.54 bits per heavy atom. The van der Waals surface area contributed by atoms with Crippen LogP contribution in [0.25, 0.3) is 12.2 Å². The molecule has 0 heteroatoms. The Balaban J connectivity index is 0.000000424. The largest absolute Gasteiger partial charge is 0.0984 e. The lowest BCUT2D eigenvalue weighted by molar-refractivity contribution is 1.09. The average molecular weight is 174 g/mol. The molecule has 0 aliphatic carbocycles. The molecular formula is C13H18. The second-order valence-corrected chi connectivity index (χ2v) is 2.74. The third-order valence-corrected chi connectivity index (χ3v) is 1.44. The molecule has 1 aromatic carbocycles. The molecule has 13 heavy (non-hydrogen) atoms. The van der Waals surface area contributed by atoms with E-state index in [9.17, 15) is 0 Å². The van der Waals surface area contributed by atoms with Crippen LogP contribution < -0.4 is 0 Å². The molecule has 0 saturated carbocycles. The van der Waals surface area contributed by atoms with Crippen LogP contribution in [-0.2, 0) is 0 Å². The van der Waals surface area contributed by atoms with E-state index >= 15 is 0 Å². The second-order valence-electron chi connectivity index (χ2n) is 2.74. The van der Waals surface area contributed by atoms with Crippen LogP contribution in [-0.4, -0.2) is 0 Å². The van der Waals surface area contributed by atoms with Gasteiger partial charge in [-0.2, -0.15) is 0 Å². The zero-order valence-corrected chi connectivity index (χ0v) is 8.59. The van der Waals surface area contributed by atoms with Crippen molar-refractivity contribution in [3.63, 3.8) is 0 Å². The molecule has 1 aromatic rings. The van der Waals surface area contributed by atoms with Crippen molar-refractivity contribution >= 4 is 12.2 Å². The normalized spacial score (nSPS) is 8.15. The Hall–Kier alpha value is -1.30. The quantitative estimate of drug-likeness (QED) is 0.623. The molecule has 0 aliphatic rings. The summed E-state index contributed by atoms with van der Waals surface area (Å²) in [5.74, 6) is 0. The minimum absolute atomic E-state index is 1.14. The summed E-state index contributed by atoms with van der Waals surface area (Å²) < 4.78 is 0. The third-order valence-electron chi connectivity index (χ3n) is 1.44. The van der Waals surface area contributed by atoms with Crippen molar-refractivity contribution < 1.29 is 0 Å². The molecular weight excluding hydrogens is 156 g/mol. The third kappa shape index (κ3) is 4.32. The minimum atomic E-state index is 1.14. The van der Waals surface area contributed by atoms with Gasteiger partial charge in [0.1, 0.15) is 0 Å². The van der Waals surface area contributed by atoms with Gasteiger partial charge < -0.3 is 0 Å². The van der Waals surface area contributed by atoms with Crippen LogP contribution in [0.5, 0.6) is 0 Å². The highest BCUT2D eigenvalue weighted by Gasteiger charge is 1.89. The van der Waals surface area contributed by atoms with Crippen molar-refractivity contribution in [1.82, 2.24) is 0 Å². The highest BCUT2D eigenvalue weighted by Crippen LogP contribution is 2.10. The summed E-state index contributed by atoms with van der Waals surface area (Å²) in [5.41, 5.74) is 2.27. The first-order valence-electron chi connectivity index (χ1n) is 4.64. The van der Waals surface area contributed by atoms with Gasteiger partial charge in [-0.05, 0) is 11.1 Å². The zero-order chi connectivity index (χ0) is 10.1. The van der Waals surface area contributed by atoms with Crippen molar-refractivity contribution in [3.8, 4) is 0 Å². The lowest BCUT2D eigenvalue weighted by Gasteiger charge is -1.96. The van der Waals surface area contributed by atoms with Crippen LogP contribution in [0.1, 0.15) is 31.4 Å². The van der Waals surface area contributed by atoms with E-state index in [0.717, 1.165) is 11.1 Å². The molecule has 0 heterocycles. The lowest BCUT2D eigenvalue weighted by Crippen LogP contribution is -1.76. The molecule has 0 nitrogen and oxygen atoms in total. The number of hydrogen-bond acceptors (Lipinski definition) is 0. The summed E-state index contributed by atoms with van der Waals surface area (Å²) in [6.45, 7) is 11.6. The molecule has 70 valence electrons. The predicted molar refractivity (Wildman–Crippen MR) is 62.6 cm³/mol. The maximum atomic E-state index is 3.69. The maximum absolute atomic E-state index is 3.69. The van der Waals surface area contributed by atoms with Gasteiger partial charge in [0.15, 0.2) is 0 Å². The standard InChI is InChI=1S/C10H10.C3H8/c1-3-9-7-5-6-8-10(9)4-2;1-3-2/h3-8H,1-2H2;3H2,1-2H3. The van der Waals surface area contributed by atoms with Gasteiger partial charge in [0.25, 0.3) is 0 Å². The first kappa shape index (κ1) is 11.7. The van der Waals surface area contributed by atoms with Crippen molar-refractivity contribution in [3.05, 3.63) is 48.6 Å². The van der Waals surface area contributed by atoms with Crippen LogP contribution in [0.2, 0.25) is 0 Å². The molecule has 0 aromatic heterocycles. The average Bonchev–Trinajstić information content (AvgIpc) is 2.19. The topological polar surface area (TPSA) is 0 Å². The monoisotopic (exact) mass is 174 g/mol. The molecule has 0 unspecified atom stereocenters. The Kier molecular flexibility index (Phi) is 6.62. The Labute approximate surface area is 81.6 Å². The van der Waals surface area contributed by atoms with Gasteiger partial charge in [-0.3, -0.25) is 0 Å². The van der Waals surface area contributed by atoms with Gasteiger partial charge >= 0.3 is 0 Å². The fourth-order valence-corrected chi connectivity index (χ4v) is 0.883. The summed E-state index contributed by atoms with van der Waals surface area (Å²) in [7, 11) is 0. The van der Waals surface area contributed by atoms with Crippen LogP contribution in [0, 0.1) is 0 Å². The Bertz CT molecular complexity index is 231. The van der Waals surface area contributed by atoms with Crippen LogP contribution >= 0.6 is 0 Å². The van der Waals surface area contributed by atoms with Gasteiger partial charge in [0.2, 0.25) is 0 Å². The van der Waals surface area contributed by atoms with E-state index in [1.165, 1.54) is 6.42 Å². The van der Waals surface area contributed by atoms with Crippen molar-refractivity contribution in [2.24, 2.45) is 0 Å². The van der Waals surface area contributed by atoms with E-state index in [-0.39, 0.29) is 0 Å².